The van der Waals surface area contributed by atoms with E-state index in [1.54, 1.807) is 0 Å². The molecule has 0 spiro atoms. The molecule has 0 saturated carbocycles. The third-order valence-electron chi connectivity index (χ3n) is 2.96. The van der Waals surface area contributed by atoms with Crippen LogP contribution >= 0.6 is 0 Å². The van der Waals surface area contributed by atoms with Crippen LogP contribution in [0, 0.1) is 10.1 Å². The molecule has 1 aromatic carbocycles. The first-order chi connectivity index (χ1) is 9.97. The number of hydrogen-bond donors (Lipinski definition) is 2. The molecule has 0 fully saturated rings. The van der Waals surface area contributed by atoms with Gasteiger partial charge in [-0.1, -0.05) is 13.3 Å². The van der Waals surface area contributed by atoms with E-state index in [4.69, 9.17) is 10.5 Å². The standard InChI is InChI=1S/C14H21N3O4/c1-3-4-10(2)16-14(18)9-21-13-6-5-12(17(19)20)7-11(13)8-15/h5-7,10H,3-4,8-9,15H2,1-2H3,(H,16,18). The summed E-state index contributed by atoms with van der Waals surface area (Å²) in [5, 5.41) is 13.5. The van der Waals surface area contributed by atoms with E-state index in [-0.39, 0.29) is 30.8 Å². The average molecular weight is 295 g/mol. The second kappa shape index (κ2) is 8.21. The number of ether oxygens (including phenoxy) is 1. The number of nitrogens with one attached hydrogen (secondary N) is 1. The number of nitrogens with zero attached hydrogens (tertiary/aromatic N) is 1. The Labute approximate surface area is 123 Å². The second-order valence-electron chi connectivity index (χ2n) is 4.80. The summed E-state index contributed by atoms with van der Waals surface area (Å²) in [4.78, 5) is 21.9. The van der Waals surface area contributed by atoms with Gasteiger partial charge in [-0.3, -0.25) is 14.9 Å². The zero-order valence-electron chi connectivity index (χ0n) is 12.3. The van der Waals surface area contributed by atoms with Gasteiger partial charge in [0.25, 0.3) is 11.6 Å². The highest BCUT2D eigenvalue weighted by atomic mass is 16.6. The summed E-state index contributed by atoms with van der Waals surface area (Å²) in [6.07, 6.45) is 1.89. The Morgan fingerprint density at radius 1 is 1.52 bits per heavy atom. The maximum atomic E-state index is 11.7. The average Bonchev–Trinajstić information content (AvgIpc) is 2.44. The van der Waals surface area contributed by atoms with E-state index in [1.165, 1.54) is 18.2 Å². The van der Waals surface area contributed by atoms with Crippen molar-refractivity contribution in [2.75, 3.05) is 6.61 Å². The van der Waals surface area contributed by atoms with Gasteiger partial charge in [0.1, 0.15) is 5.75 Å². The van der Waals surface area contributed by atoms with E-state index in [0.29, 0.717) is 11.3 Å². The second-order valence-corrected chi connectivity index (χ2v) is 4.80. The lowest BCUT2D eigenvalue weighted by Crippen LogP contribution is -2.36. The van der Waals surface area contributed by atoms with Crippen molar-refractivity contribution in [2.45, 2.75) is 39.3 Å². The number of nitrogens with two attached hydrogens (primary N) is 1. The van der Waals surface area contributed by atoms with E-state index in [2.05, 4.69) is 5.32 Å². The zero-order chi connectivity index (χ0) is 15.8. The molecule has 0 aromatic heterocycles. The Kier molecular flexibility index (Phi) is 6.61. The summed E-state index contributed by atoms with van der Waals surface area (Å²) in [5.41, 5.74) is 5.99. The molecule has 0 radical (unpaired) electrons. The summed E-state index contributed by atoms with van der Waals surface area (Å²) in [6, 6.07) is 4.24. The Balaban J connectivity index is 2.62. The van der Waals surface area contributed by atoms with Gasteiger partial charge in [0.15, 0.2) is 6.61 Å². The first kappa shape index (κ1) is 16.9. The molecule has 116 valence electrons. The fourth-order valence-electron chi connectivity index (χ4n) is 1.94. The van der Waals surface area contributed by atoms with Crippen molar-refractivity contribution in [1.82, 2.24) is 5.32 Å². The molecule has 0 bridgehead atoms. The van der Waals surface area contributed by atoms with Gasteiger partial charge in [0.05, 0.1) is 4.92 Å². The quantitative estimate of drug-likeness (QED) is 0.561. The number of carbonyl (C=O) groups excluding carboxylic acids is 1. The highest BCUT2D eigenvalue weighted by Gasteiger charge is 2.12. The number of amides is 1. The summed E-state index contributed by atoms with van der Waals surface area (Å²) >= 11 is 0. The fraction of sp³-hybridized carbons (Fsp3) is 0.500. The molecule has 1 unspecified atom stereocenters. The van der Waals surface area contributed by atoms with Crippen LogP contribution in [-0.2, 0) is 11.3 Å². The Hall–Kier alpha value is -2.15. The summed E-state index contributed by atoms with van der Waals surface area (Å²) in [7, 11) is 0. The van der Waals surface area contributed by atoms with Crippen molar-refractivity contribution in [3.8, 4) is 5.75 Å². The number of rotatable bonds is 8. The van der Waals surface area contributed by atoms with Crippen LogP contribution in [0.25, 0.3) is 0 Å². The summed E-state index contributed by atoms with van der Waals surface area (Å²) in [5.74, 6) is 0.165. The van der Waals surface area contributed by atoms with E-state index in [9.17, 15) is 14.9 Å². The van der Waals surface area contributed by atoms with E-state index in [0.717, 1.165) is 12.8 Å². The maximum Gasteiger partial charge on any atom is 0.270 e. The van der Waals surface area contributed by atoms with Crippen LogP contribution in [0.15, 0.2) is 18.2 Å². The van der Waals surface area contributed by atoms with Crippen LogP contribution in [-0.4, -0.2) is 23.5 Å². The van der Waals surface area contributed by atoms with Crippen LogP contribution < -0.4 is 15.8 Å². The third-order valence-corrected chi connectivity index (χ3v) is 2.96. The predicted molar refractivity (Wildman–Crippen MR) is 79.0 cm³/mol. The van der Waals surface area contributed by atoms with Gasteiger partial charge in [-0.25, -0.2) is 0 Å². The summed E-state index contributed by atoms with van der Waals surface area (Å²) < 4.78 is 5.39. The molecule has 3 N–H and O–H groups in total. The third kappa shape index (κ3) is 5.39. The van der Waals surface area contributed by atoms with Gasteiger partial charge in [0.2, 0.25) is 0 Å². The van der Waals surface area contributed by atoms with Crippen LogP contribution in [0.2, 0.25) is 0 Å². The van der Waals surface area contributed by atoms with E-state index in [1.807, 2.05) is 13.8 Å². The van der Waals surface area contributed by atoms with Gasteiger partial charge < -0.3 is 15.8 Å². The molecule has 1 amide bonds. The van der Waals surface area contributed by atoms with Crippen LogP contribution in [0.3, 0.4) is 0 Å². The van der Waals surface area contributed by atoms with Gasteiger partial charge in [-0.2, -0.15) is 0 Å². The number of carbonyl (C=O) groups is 1. The number of nitro groups is 1. The smallest absolute Gasteiger partial charge is 0.270 e. The maximum absolute atomic E-state index is 11.7. The van der Waals surface area contributed by atoms with E-state index >= 15 is 0 Å². The molecular formula is C14H21N3O4. The minimum absolute atomic E-state index is 0.0520. The molecular weight excluding hydrogens is 274 g/mol. The van der Waals surface area contributed by atoms with Gasteiger partial charge >= 0.3 is 0 Å². The molecule has 0 aliphatic carbocycles. The first-order valence-corrected chi connectivity index (χ1v) is 6.87. The van der Waals surface area contributed by atoms with Crippen molar-refractivity contribution in [1.29, 1.82) is 0 Å². The molecule has 0 heterocycles. The van der Waals surface area contributed by atoms with Crippen LogP contribution in [0.1, 0.15) is 32.3 Å². The first-order valence-electron chi connectivity index (χ1n) is 6.87. The minimum atomic E-state index is -0.498. The molecule has 21 heavy (non-hydrogen) atoms. The molecule has 1 aromatic rings. The number of benzene rings is 1. The van der Waals surface area contributed by atoms with Crippen molar-refractivity contribution in [3.63, 3.8) is 0 Å². The van der Waals surface area contributed by atoms with Crippen molar-refractivity contribution < 1.29 is 14.5 Å². The van der Waals surface area contributed by atoms with Crippen LogP contribution in [0.4, 0.5) is 5.69 Å². The number of hydrogen-bond acceptors (Lipinski definition) is 5. The molecule has 0 saturated heterocycles. The molecule has 1 rings (SSSR count). The van der Waals surface area contributed by atoms with Gasteiger partial charge in [0, 0.05) is 30.3 Å². The lowest BCUT2D eigenvalue weighted by atomic mass is 10.2. The van der Waals surface area contributed by atoms with Crippen molar-refractivity contribution >= 4 is 11.6 Å². The molecule has 0 aliphatic rings. The predicted octanol–water partition coefficient (Wildman–Crippen LogP) is 1.74. The highest BCUT2D eigenvalue weighted by Crippen LogP contribution is 2.23. The largest absolute Gasteiger partial charge is 0.483 e. The molecule has 7 nitrogen and oxygen atoms in total. The normalized spacial score (nSPS) is 11.8. The number of nitro benzene ring substituents is 1. The van der Waals surface area contributed by atoms with Gasteiger partial charge in [-0.05, 0) is 19.4 Å². The fourth-order valence-corrected chi connectivity index (χ4v) is 1.94. The Morgan fingerprint density at radius 3 is 2.81 bits per heavy atom. The van der Waals surface area contributed by atoms with Crippen LogP contribution in [0.5, 0.6) is 5.75 Å². The summed E-state index contributed by atoms with van der Waals surface area (Å²) in [6.45, 7) is 3.94. The molecule has 0 aliphatic heterocycles. The van der Waals surface area contributed by atoms with Crippen molar-refractivity contribution in [3.05, 3.63) is 33.9 Å². The molecule has 7 heteroatoms. The Bertz CT molecular complexity index is 505. The Morgan fingerprint density at radius 2 is 2.24 bits per heavy atom. The SMILES string of the molecule is CCCC(C)NC(=O)COc1ccc([N+](=O)[O-])cc1CN. The topological polar surface area (TPSA) is 107 Å². The minimum Gasteiger partial charge on any atom is -0.483 e. The number of non-ortho nitro benzene ring substituents is 1. The highest BCUT2D eigenvalue weighted by molar-refractivity contribution is 5.77. The monoisotopic (exact) mass is 295 g/mol. The lowest BCUT2D eigenvalue weighted by molar-refractivity contribution is -0.384. The zero-order valence-corrected chi connectivity index (χ0v) is 12.3. The molecule has 1 atom stereocenters. The van der Waals surface area contributed by atoms with Crippen molar-refractivity contribution in [2.24, 2.45) is 5.73 Å². The van der Waals surface area contributed by atoms with Gasteiger partial charge in [-0.15, -0.1) is 0 Å². The van der Waals surface area contributed by atoms with E-state index < -0.39 is 4.92 Å². The lowest BCUT2D eigenvalue weighted by Gasteiger charge is -2.14.